The van der Waals surface area contributed by atoms with Gasteiger partial charge >= 0.3 is 0 Å². The molecule has 2 aliphatic rings. The quantitative estimate of drug-likeness (QED) is 0.462. The molecular weight excluding hydrogens is 500 g/mol. The largest absolute Gasteiger partial charge is 0.391 e. The summed E-state index contributed by atoms with van der Waals surface area (Å²) in [6, 6.07) is 13.9. The molecule has 1 saturated heterocycles. The van der Waals surface area contributed by atoms with Crippen LogP contribution in [0.4, 0.5) is 0 Å². The third-order valence-corrected chi connectivity index (χ3v) is 8.34. The lowest BCUT2D eigenvalue weighted by Gasteiger charge is -2.32. The van der Waals surface area contributed by atoms with Gasteiger partial charge in [-0.05, 0) is 36.1 Å². The molecule has 38 heavy (non-hydrogen) atoms. The lowest BCUT2D eigenvalue weighted by molar-refractivity contribution is -0.142. The summed E-state index contributed by atoms with van der Waals surface area (Å²) in [5.74, 6) is -0.748. The Labute approximate surface area is 226 Å². The first-order valence-corrected chi connectivity index (χ1v) is 13.9. The number of fused-ring (bicyclic) bond motifs is 1. The second kappa shape index (κ2) is 11.0. The number of carbonyl (C=O) groups is 3. The number of likely N-dealkylation sites (tertiary alicyclic amines) is 1. The molecular formula is C29H32N4O4S. The van der Waals surface area contributed by atoms with Gasteiger partial charge in [-0.25, -0.2) is 4.98 Å². The number of β-amino-alcohol motifs (C(OH)–C–C–N with tert-alkyl or cyclic N) is 1. The number of hydrogen-bond donors (Lipinski definition) is 2. The normalized spacial score (nSPS) is 19.5. The smallest absolute Gasteiger partial charge is 0.255 e. The third kappa shape index (κ3) is 5.08. The number of aliphatic hydroxyl groups excluding tert-OH is 1. The number of nitrogens with one attached hydrogen (secondary N) is 1. The van der Waals surface area contributed by atoms with Gasteiger partial charge in [0, 0.05) is 31.6 Å². The van der Waals surface area contributed by atoms with E-state index in [0.29, 0.717) is 31.5 Å². The van der Waals surface area contributed by atoms with E-state index in [1.165, 1.54) is 4.90 Å². The second-order valence-electron chi connectivity index (χ2n) is 9.97. The minimum atomic E-state index is -0.787. The fourth-order valence-electron chi connectivity index (χ4n) is 5.37. The van der Waals surface area contributed by atoms with Gasteiger partial charge in [0.25, 0.3) is 5.91 Å². The van der Waals surface area contributed by atoms with Crippen molar-refractivity contribution < 1.29 is 19.5 Å². The van der Waals surface area contributed by atoms with E-state index in [0.717, 1.165) is 27.3 Å². The van der Waals surface area contributed by atoms with Crippen molar-refractivity contribution >= 4 is 29.1 Å². The molecule has 1 unspecified atom stereocenters. The van der Waals surface area contributed by atoms with E-state index >= 15 is 0 Å². The van der Waals surface area contributed by atoms with Crippen LogP contribution in [-0.2, 0) is 22.7 Å². The average Bonchev–Trinajstić information content (AvgIpc) is 3.63. The second-order valence-corrected chi connectivity index (χ2v) is 10.8. The number of benzene rings is 2. The topological polar surface area (TPSA) is 103 Å². The van der Waals surface area contributed by atoms with Crippen molar-refractivity contribution in [2.45, 2.75) is 64.4 Å². The number of aliphatic hydroxyl groups is 1. The van der Waals surface area contributed by atoms with Crippen molar-refractivity contribution in [3.8, 4) is 10.4 Å². The van der Waals surface area contributed by atoms with Crippen LogP contribution in [0.3, 0.4) is 0 Å². The van der Waals surface area contributed by atoms with Crippen LogP contribution in [0.25, 0.3) is 10.4 Å². The Morgan fingerprint density at radius 2 is 1.95 bits per heavy atom. The van der Waals surface area contributed by atoms with Gasteiger partial charge in [-0.1, -0.05) is 55.8 Å². The van der Waals surface area contributed by atoms with E-state index in [4.69, 9.17) is 0 Å². The van der Waals surface area contributed by atoms with Crippen LogP contribution in [0.1, 0.15) is 53.4 Å². The molecule has 0 spiro atoms. The molecule has 2 aromatic carbocycles. The lowest BCUT2D eigenvalue weighted by atomic mass is 10.1. The zero-order valence-corrected chi connectivity index (χ0v) is 22.4. The van der Waals surface area contributed by atoms with Crippen molar-refractivity contribution in [3.63, 3.8) is 0 Å². The van der Waals surface area contributed by atoms with Gasteiger partial charge in [0.15, 0.2) is 0 Å². The van der Waals surface area contributed by atoms with Gasteiger partial charge in [-0.3, -0.25) is 14.4 Å². The standard InChI is InChI=1S/C29H32N4O4S/c1-3-6-24(32-15-21-7-4-5-8-23(21)28(32)36)29(37)33-16-22(34)13-25(33)27(35)30-14-19-9-11-20(12-10-19)26-18(2)31-17-38-26/h4-5,7-12,17,22,24-25,34H,3,6,13-16H2,1-2H3,(H,30,35)/t22-,24?,25+/m1/s1. The predicted octanol–water partition coefficient (Wildman–Crippen LogP) is 3.52. The molecule has 2 N–H and O–H groups in total. The fourth-order valence-corrected chi connectivity index (χ4v) is 6.18. The molecule has 8 nitrogen and oxygen atoms in total. The molecule has 9 heteroatoms. The fraction of sp³-hybridized carbons (Fsp3) is 0.379. The average molecular weight is 533 g/mol. The highest BCUT2D eigenvalue weighted by Crippen LogP contribution is 2.30. The Hall–Kier alpha value is -3.56. The zero-order chi connectivity index (χ0) is 26.8. The van der Waals surface area contributed by atoms with E-state index in [2.05, 4.69) is 10.3 Å². The summed E-state index contributed by atoms with van der Waals surface area (Å²) in [7, 11) is 0. The number of aromatic nitrogens is 1. The SMILES string of the molecule is CCCC(C(=O)N1C[C@H](O)C[C@H]1C(=O)NCc1ccc(-c2scnc2C)cc1)N1Cc2ccccc2C1=O. The molecule has 0 saturated carbocycles. The first-order chi connectivity index (χ1) is 18.4. The summed E-state index contributed by atoms with van der Waals surface area (Å²) in [5.41, 5.74) is 6.35. The molecule has 0 bridgehead atoms. The zero-order valence-electron chi connectivity index (χ0n) is 21.6. The number of amides is 3. The summed E-state index contributed by atoms with van der Waals surface area (Å²) in [5, 5.41) is 13.3. The number of thiazole rings is 1. The maximum Gasteiger partial charge on any atom is 0.255 e. The number of hydrogen-bond acceptors (Lipinski definition) is 6. The van der Waals surface area contributed by atoms with E-state index < -0.39 is 18.2 Å². The Balaban J connectivity index is 1.26. The van der Waals surface area contributed by atoms with Gasteiger partial charge in [-0.15, -0.1) is 11.3 Å². The van der Waals surface area contributed by atoms with Crippen LogP contribution >= 0.6 is 11.3 Å². The molecule has 3 heterocycles. The maximum absolute atomic E-state index is 13.8. The van der Waals surface area contributed by atoms with Gasteiger partial charge in [0.05, 0.1) is 22.2 Å². The molecule has 3 amide bonds. The predicted molar refractivity (Wildman–Crippen MR) is 145 cm³/mol. The molecule has 1 aromatic heterocycles. The lowest BCUT2D eigenvalue weighted by Crippen LogP contribution is -2.53. The van der Waals surface area contributed by atoms with Crippen molar-refractivity contribution in [3.05, 3.63) is 76.4 Å². The minimum absolute atomic E-state index is 0.0784. The van der Waals surface area contributed by atoms with E-state index in [1.54, 1.807) is 22.3 Å². The van der Waals surface area contributed by atoms with Crippen LogP contribution in [0.5, 0.6) is 0 Å². The minimum Gasteiger partial charge on any atom is -0.391 e. The molecule has 0 aliphatic carbocycles. The van der Waals surface area contributed by atoms with Gasteiger partial charge in [0.2, 0.25) is 11.8 Å². The van der Waals surface area contributed by atoms with E-state index in [9.17, 15) is 19.5 Å². The number of aryl methyl sites for hydroxylation is 1. The maximum atomic E-state index is 13.8. The van der Waals surface area contributed by atoms with Crippen LogP contribution in [0.15, 0.2) is 54.0 Å². The third-order valence-electron chi connectivity index (χ3n) is 7.37. The highest BCUT2D eigenvalue weighted by atomic mass is 32.1. The van der Waals surface area contributed by atoms with Crippen molar-refractivity contribution in [2.24, 2.45) is 0 Å². The molecule has 5 rings (SSSR count). The van der Waals surface area contributed by atoms with Crippen molar-refractivity contribution in [1.29, 1.82) is 0 Å². The van der Waals surface area contributed by atoms with Crippen LogP contribution in [0, 0.1) is 6.92 Å². The summed E-state index contributed by atoms with van der Waals surface area (Å²) in [4.78, 5) is 48.6. The Morgan fingerprint density at radius 1 is 1.18 bits per heavy atom. The molecule has 3 aromatic rings. The van der Waals surface area contributed by atoms with Gasteiger partial charge in [0.1, 0.15) is 12.1 Å². The van der Waals surface area contributed by atoms with Gasteiger partial charge in [-0.2, -0.15) is 0 Å². The Kier molecular flexibility index (Phi) is 7.58. The highest BCUT2D eigenvalue weighted by molar-refractivity contribution is 7.13. The van der Waals surface area contributed by atoms with E-state index in [-0.39, 0.29) is 30.7 Å². The van der Waals surface area contributed by atoms with Crippen molar-refractivity contribution in [1.82, 2.24) is 20.1 Å². The number of carbonyl (C=O) groups excluding carboxylic acids is 3. The Morgan fingerprint density at radius 3 is 2.63 bits per heavy atom. The first kappa shape index (κ1) is 26.1. The Bertz CT molecular complexity index is 1340. The number of nitrogens with zero attached hydrogens (tertiary/aromatic N) is 3. The molecule has 2 aliphatic heterocycles. The summed E-state index contributed by atoms with van der Waals surface area (Å²) < 4.78 is 0. The molecule has 3 atom stereocenters. The summed E-state index contributed by atoms with van der Waals surface area (Å²) in [6.45, 7) is 4.71. The van der Waals surface area contributed by atoms with Crippen LogP contribution in [0.2, 0.25) is 0 Å². The van der Waals surface area contributed by atoms with E-state index in [1.807, 2.05) is 61.8 Å². The van der Waals surface area contributed by atoms with Crippen LogP contribution in [-0.4, -0.2) is 62.3 Å². The van der Waals surface area contributed by atoms with Crippen molar-refractivity contribution in [2.75, 3.05) is 6.54 Å². The summed E-state index contributed by atoms with van der Waals surface area (Å²) in [6.07, 6.45) is 0.588. The van der Waals surface area contributed by atoms with Gasteiger partial charge < -0.3 is 20.2 Å². The summed E-state index contributed by atoms with van der Waals surface area (Å²) >= 11 is 1.59. The molecule has 1 fully saturated rings. The molecule has 0 radical (unpaired) electrons. The monoisotopic (exact) mass is 532 g/mol. The van der Waals surface area contributed by atoms with Crippen LogP contribution < -0.4 is 5.32 Å². The highest BCUT2D eigenvalue weighted by Gasteiger charge is 2.44. The molecule has 198 valence electrons. The first-order valence-electron chi connectivity index (χ1n) is 13.0. The number of rotatable bonds is 8.